The van der Waals surface area contributed by atoms with Crippen molar-refractivity contribution in [3.8, 4) is 0 Å². The molecule has 1 aromatic carbocycles. The Hall–Kier alpha value is -2.10. The van der Waals surface area contributed by atoms with Crippen molar-refractivity contribution in [2.75, 3.05) is 14.2 Å². The molecule has 0 bridgehead atoms. The second-order valence-electron chi connectivity index (χ2n) is 3.36. The molecule has 89 valence electrons. The van der Waals surface area contributed by atoms with E-state index >= 15 is 0 Å². The minimum Gasteiger partial charge on any atom is -0.465 e. The predicted molar refractivity (Wildman–Crippen MR) is 62.0 cm³/mol. The van der Waals surface area contributed by atoms with Gasteiger partial charge in [0.25, 0.3) is 0 Å². The summed E-state index contributed by atoms with van der Waals surface area (Å²) >= 11 is 0. The van der Waals surface area contributed by atoms with E-state index in [-0.39, 0.29) is 5.57 Å². The van der Waals surface area contributed by atoms with Crippen LogP contribution in [0.2, 0.25) is 0 Å². The average Bonchev–Trinajstić information content (AvgIpc) is 2.34. The molecule has 0 aromatic heterocycles. The molecule has 0 aliphatic rings. The number of ether oxygens (including phenoxy) is 2. The van der Waals surface area contributed by atoms with Crippen LogP contribution in [0.5, 0.6) is 0 Å². The lowest BCUT2D eigenvalue weighted by atomic mass is 10.1. The molecule has 0 heterocycles. The number of esters is 2. The van der Waals surface area contributed by atoms with Gasteiger partial charge in [-0.2, -0.15) is 0 Å². The average molecular weight is 233 g/mol. The van der Waals surface area contributed by atoms with Crippen molar-refractivity contribution in [2.45, 2.75) is 6.92 Å². The molecular weight excluding hydrogens is 220 g/mol. The minimum atomic E-state index is -0.730. The largest absolute Gasteiger partial charge is 0.465 e. The molecule has 0 aliphatic heterocycles. The number of aryl methyl sites for hydroxylation is 1. The van der Waals surface area contributed by atoms with Gasteiger partial charge in [0.2, 0.25) is 0 Å². The van der Waals surface area contributed by atoms with Crippen LogP contribution in [0.4, 0.5) is 0 Å². The van der Waals surface area contributed by atoms with E-state index in [1.165, 1.54) is 20.3 Å². The summed E-state index contributed by atoms with van der Waals surface area (Å²) in [6.45, 7) is 1.90. The quantitative estimate of drug-likeness (QED) is 0.344. The maximum absolute atomic E-state index is 11.4. The summed E-state index contributed by atoms with van der Waals surface area (Å²) in [5, 5.41) is 0. The highest BCUT2D eigenvalue weighted by atomic mass is 16.5. The second-order valence-corrected chi connectivity index (χ2v) is 3.36. The van der Waals surface area contributed by atoms with E-state index in [2.05, 4.69) is 15.5 Å². The minimum absolute atomic E-state index is 0.156. The zero-order valence-electron chi connectivity index (χ0n) is 9.94. The molecule has 0 aliphatic carbocycles. The summed E-state index contributed by atoms with van der Waals surface area (Å²) in [6, 6.07) is 8.29. The predicted octanol–water partition coefficient (Wildman–Crippen LogP) is 1.52. The molecule has 0 unspecified atom stereocenters. The highest BCUT2D eigenvalue weighted by Crippen LogP contribution is 2.11. The van der Waals surface area contributed by atoms with Crippen LogP contribution < -0.4 is 0 Å². The van der Waals surface area contributed by atoms with Gasteiger partial charge in [-0.3, -0.25) is 0 Å². The molecule has 0 saturated carbocycles. The molecule has 0 amide bonds. The van der Waals surface area contributed by atoms with Crippen LogP contribution in [0.3, 0.4) is 0 Å². The zero-order chi connectivity index (χ0) is 12.8. The summed E-state index contributed by atoms with van der Waals surface area (Å²) < 4.78 is 9.03. The lowest BCUT2D eigenvalue weighted by Crippen LogP contribution is -2.15. The van der Waals surface area contributed by atoms with Crippen molar-refractivity contribution in [1.82, 2.24) is 0 Å². The van der Waals surface area contributed by atoms with E-state index in [4.69, 9.17) is 0 Å². The lowest BCUT2D eigenvalue weighted by Gasteiger charge is -2.03. The Morgan fingerprint density at radius 1 is 1.24 bits per heavy atom. The first kappa shape index (κ1) is 13.0. The first-order chi connectivity index (χ1) is 8.08. The number of benzene rings is 1. The standard InChI is InChI=1S/C13H13O4/c1-9-5-4-6-10(7-9)8-11(12(14)16-2)13(15)17-3/h4-5,7-8H,1-3H3. The molecule has 0 fully saturated rings. The van der Waals surface area contributed by atoms with Gasteiger partial charge in [0.15, 0.2) is 0 Å². The van der Waals surface area contributed by atoms with Gasteiger partial charge in [-0.25, -0.2) is 9.59 Å². The SMILES string of the molecule is COC(=O)C(=Cc1[c]ccc(C)c1)C(=O)OC. The van der Waals surface area contributed by atoms with Gasteiger partial charge in [0.1, 0.15) is 5.57 Å². The van der Waals surface area contributed by atoms with Gasteiger partial charge in [-0.15, -0.1) is 0 Å². The van der Waals surface area contributed by atoms with Crippen molar-refractivity contribution >= 4 is 18.0 Å². The first-order valence-electron chi connectivity index (χ1n) is 4.95. The summed E-state index contributed by atoms with van der Waals surface area (Å²) in [6.07, 6.45) is 1.39. The maximum atomic E-state index is 11.4. The van der Waals surface area contributed by atoms with Gasteiger partial charge >= 0.3 is 11.9 Å². The number of carbonyl (C=O) groups excluding carboxylic acids is 2. The van der Waals surface area contributed by atoms with Crippen molar-refractivity contribution in [3.05, 3.63) is 41.0 Å². The van der Waals surface area contributed by atoms with Gasteiger partial charge in [0, 0.05) is 0 Å². The molecule has 1 aromatic rings. The van der Waals surface area contributed by atoms with Crippen LogP contribution in [-0.4, -0.2) is 26.2 Å². The smallest absolute Gasteiger partial charge is 0.345 e. The molecule has 0 spiro atoms. The fraction of sp³-hybridized carbons (Fsp3) is 0.231. The zero-order valence-corrected chi connectivity index (χ0v) is 9.94. The van der Waals surface area contributed by atoms with E-state index in [1.807, 2.05) is 13.0 Å². The Morgan fingerprint density at radius 3 is 2.29 bits per heavy atom. The fourth-order valence-corrected chi connectivity index (χ4v) is 1.26. The van der Waals surface area contributed by atoms with Crippen LogP contribution in [0.15, 0.2) is 23.8 Å². The molecule has 0 atom stereocenters. The topological polar surface area (TPSA) is 52.6 Å². The molecule has 4 nitrogen and oxygen atoms in total. The van der Waals surface area contributed by atoms with Crippen molar-refractivity contribution in [3.63, 3.8) is 0 Å². The fourth-order valence-electron chi connectivity index (χ4n) is 1.26. The van der Waals surface area contributed by atoms with Crippen LogP contribution in [0.25, 0.3) is 6.08 Å². The van der Waals surface area contributed by atoms with Gasteiger partial charge < -0.3 is 9.47 Å². The van der Waals surface area contributed by atoms with Gasteiger partial charge in [0.05, 0.1) is 14.2 Å². The van der Waals surface area contributed by atoms with E-state index in [9.17, 15) is 9.59 Å². The van der Waals surface area contributed by atoms with Gasteiger partial charge in [-0.05, 0) is 24.6 Å². The third-order valence-corrected chi connectivity index (χ3v) is 2.09. The maximum Gasteiger partial charge on any atom is 0.345 e. The molecule has 0 saturated heterocycles. The number of hydrogen-bond acceptors (Lipinski definition) is 4. The number of hydrogen-bond donors (Lipinski definition) is 0. The Balaban J connectivity index is 3.13. The molecule has 1 radical (unpaired) electrons. The van der Waals surface area contributed by atoms with Crippen LogP contribution in [0, 0.1) is 13.0 Å². The third-order valence-electron chi connectivity index (χ3n) is 2.09. The monoisotopic (exact) mass is 233 g/mol. The molecular formula is C13H13O4. The van der Waals surface area contributed by atoms with Crippen LogP contribution >= 0.6 is 0 Å². The highest BCUT2D eigenvalue weighted by molar-refractivity contribution is 6.17. The van der Waals surface area contributed by atoms with Gasteiger partial charge in [-0.1, -0.05) is 23.8 Å². The van der Waals surface area contributed by atoms with E-state index < -0.39 is 11.9 Å². The number of methoxy groups -OCH3 is 2. The summed E-state index contributed by atoms with van der Waals surface area (Å²) in [7, 11) is 2.41. The Morgan fingerprint density at radius 2 is 1.82 bits per heavy atom. The molecule has 4 heteroatoms. The summed E-state index contributed by atoms with van der Waals surface area (Å²) in [4.78, 5) is 22.8. The second kappa shape index (κ2) is 5.84. The molecule has 0 N–H and O–H groups in total. The van der Waals surface area contributed by atoms with Crippen molar-refractivity contribution < 1.29 is 19.1 Å². The number of rotatable bonds is 3. The van der Waals surface area contributed by atoms with E-state index in [1.54, 1.807) is 12.1 Å². The summed E-state index contributed by atoms with van der Waals surface area (Å²) in [5.74, 6) is -1.46. The Bertz CT molecular complexity index is 442. The third kappa shape index (κ3) is 3.45. The molecule has 1 rings (SSSR count). The van der Waals surface area contributed by atoms with Crippen LogP contribution in [-0.2, 0) is 19.1 Å². The van der Waals surface area contributed by atoms with Crippen LogP contribution in [0.1, 0.15) is 11.1 Å². The number of carbonyl (C=O) groups is 2. The lowest BCUT2D eigenvalue weighted by molar-refractivity contribution is -0.143. The molecule has 17 heavy (non-hydrogen) atoms. The summed E-state index contributed by atoms with van der Waals surface area (Å²) in [5.41, 5.74) is 1.47. The Labute approximate surface area is 99.8 Å². The first-order valence-corrected chi connectivity index (χ1v) is 4.95. The van der Waals surface area contributed by atoms with E-state index in [0.717, 1.165) is 5.56 Å². The highest BCUT2D eigenvalue weighted by Gasteiger charge is 2.19. The normalized spacial score (nSPS) is 9.35. The van der Waals surface area contributed by atoms with E-state index in [0.29, 0.717) is 5.56 Å². The Kier molecular flexibility index (Phi) is 4.46. The van der Waals surface area contributed by atoms with Crippen molar-refractivity contribution in [1.29, 1.82) is 0 Å². The van der Waals surface area contributed by atoms with Crippen molar-refractivity contribution in [2.24, 2.45) is 0 Å².